The van der Waals surface area contributed by atoms with Gasteiger partial charge in [-0.3, -0.25) is 19.1 Å². The molecule has 278 valence electrons. The number of hydrogen-bond donors (Lipinski definition) is 2. The number of ether oxygens (including phenoxy) is 2. The van der Waals surface area contributed by atoms with Gasteiger partial charge in [-0.25, -0.2) is 18.4 Å². The average molecular weight is 750 g/mol. The minimum Gasteiger partial charge on any atom is -0.496 e. The van der Waals surface area contributed by atoms with Gasteiger partial charge in [0.05, 0.1) is 47.1 Å². The van der Waals surface area contributed by atoms with Crippen LogP contribution >= 0.6 is 11.3 Å². The molecule has 2 aliphatic heterocycles. The first-order chi connectivity index (χ1) is 24.7. The van der Waals surface area contributed by atoms with Gasteiger partial charge in [-0.2, -0.15) is 0 Å². The lowest BCUT2D eigenvalue weighted by atomic mass is 9.91. The lowest BCUT2D eigenvalue weighted by molar-refractivity contribution is -0.146. The van der Waals surface area contributed by atoms with E-state index in [1.807, 2.05) is 44.4 Å². The Kier molecular flexibility index (Phi) is 9.48. The van der Waals surface area contributed by atoms with Crippen LogP contribution in [0.1, 0.15) is 77.0 Å². The number of methoxy groups -OCH3 is 1. The summed E-state index contributed by atoms with van der Waals surface area (Å²) in [6.45, 7) is 14.3. The van der Waals surface area contributed by atoms with Gasteiger partial charge in [-0.05, 0) is 56.1 Å². The summed E-state index contributed by atoms with van der Waals surface area (Å²) in [6.07, 6.45) is 2.39. The van der Waals surface area contributed by atoms with Gasteiger partial charge in [-0.15, -0.1) is 17.9 Å². The van der Waals surface area contributed by atoms with E-state index in [9.17, 15) is 22.8 Å². The third-order valence-electron chi connectivity index (χ3n) is 11.2. The molecular weight excluding hydrogens is 703 g/mol. The number of pyridine rings is 1. The van der Waals surface area contributed by atoms with E-state index in [2.05, 4.69) is 30.5 Å². The van der Waals surface area contributed by atoms with E-state index >= 15 is 0 Å². The minimum atomic E-state index is -3.81. The van der Waals surface area contributed by atoms with Crippen molar-refractivity contribution in [2.24, 2.45) is 17.3 Å². The maximum absolute atomic E-state index is 14.4. The van der Waals surface area contributed by atoms with Crippen molar-refractivity contribution in [3.8, 4) is 22.2 Å². The van der Waals surface area contributed by atoms with E-state index in [1.54, 1.807) is 18.1 Å². The number of carbonyl (C=O) groups excluding carboxylic acids is 3. The third kappa shape index (κ3) is 6.40. The van der Waals surface area contributed by atoms with E-state index in [-0.39, 0.29) is 42.3 Å². The summed E-state index contributed by atoms with van der Waals surface area (Å²) < 4.78 is 40.2. The van der Waals surface area contributed by atoms with Crippen LogP contribution in [0, 0.1) is 24.2 Å². The quantitative estimate of drug-likeness (QED) is 0.231. The fourth-order valence-corrected chi connectivity index (χ4v) is 10.2. The molecule has 2 N–H and O–H groups in total. The number of ketones is 1. The van der Waals surface area contributed by atoms with Crippen molar-refractivity contribution in [2.45, 2.75) is 102 Å². The van der Waals surface area contributed by atoms with Gasteiger partial charge < -0.3 is 19.7 Å². The van der Waals surface area contributed by atoms with Crippen LogP contribution in [0.3, 0.4) is 0 Å². The van der Waals surface area contributed by atoms with E-state index in [0.29, 0.717) is 48.5 Å². The molecule has 0 bridgehead atoms. The summed E-state index contributed by atoms with van der Waals surface area (Å²) in [5, 5.41) is 6.37. The Labute approximate surface area is 308 Å². The second kappa shape index (κ2) is 13.5. The van der Waals surface area contributed by atoms with Crippen molar-refractivity contribution in [3.05, 3.63) is 47.5 Å². The first-order valence-corrected chi connectivity index (χ1v) is 20.5. The van der Waals surface area contributed by atoms with Gasteiger partial charge in [0.1, 0.15) is 28.3 Å². The van der Waals surface area contributed by atoms with E-state index < -0.39 is 50.8 Å². The second-order valence-corrected chi connectivity index (χ2v) is 18.2. The number of hydrogen-bond acceptors (Lipinski definition) is 11. The minimum absolute atomic E-state index is 0.0267. The molecule has 2 amide bonds. The Morgan fingerprint density at radius 2 is 1.94 bits per heavy atom. The van der Waals surface area contributed by atoms with Crippen LogP contribution in [0.2, 0.25) is 0 Å². The van der Waals surface area contributed by atoms with Gasteiger partial charge in [0.15, 0.2) is 5.78 Å². The third-order valence-corrected chi connectivity index (χ3v) is 13.9. The van der Waals surface area contributed by atoms with Crippen LogP contribution in [-0.4, -0.2) is 84.0 Å². The molecule has 0 radical (unpaired) electrons. The van der Waals surface area contributed by atoms with Crippen LogP contribution in [0.4, 0.5) is 0 Å². The number of nitrogens with zero attached hydrogens (tertiary/aromatic N) is 3. The fraction of sp³-hybridized carbons (Fsp3) is 0.553. The molecule has 4 heterocycles. The number of piperazine rings is 1. The molecule has 12 nitrogen and oxygen atoms in total. The van der Waals surface area contributed by atoms with Gasteiger partial charge in [0.2, 0.25) is 21.8 Å². The number of rotatable bonds is 13. The van der Waals surface area contributed by atoms with E-state index in [0.717, 1.165) is 21.7 Å². The van der Waals surface area contributed by atoms with Crippen molar-refractivity contribution < 1.29 is 32.3 Å². The Hall–Kier alpha value is -3.88. The topological polar surface area (TPSA) is 157 Å². The lowest BCUT2D eigenvalue weighted by Crippen LogP contribution is -2.64. The van der Waals surface area contributed by atoms with Crippen LogP contribution in [0.5, 0.6) is 11.5 Å². The summed E-state index contributed by atoms with van der Waals surface area (Å²) >= 11 is 1.51. The molecule has 2 saturated heterocycles. The lowest BCUT2D eigenvalue weighted by Gasteiger charge is -2.40. The number of sulfonamides is 1. The number of nitrogens with one attached hydrogen (secondary N) is 2. The van der Waals surface area contributed by atoms with Crippen molar-refractivity contribution in [1.82, 2.24) is 24.9 Å². The van der Waals surface area contributed by atoms with Gasteiger partial charge >= 0.3 is 0 Å². The van der Waals surface area contributed by atoms with E-state index in [1.165, 1.54) is 11.3 Å². The average Bonchev–Trinajstić information content (AvgIpc) is 3.99. The first kappa shape index (κ1) is 36.5. The van der Waals surface area contributed by atoms with Crippen LogP contribution < -0.4 is 19.5 Å². The number of amides is 2. The van der Waals surface area contributed by atoms with E-state index in [4.69, 9.17) is 19.4 Å². The van der Waals surface area contributed by atoms with Crippen molar-refractivity contribution in [3.63, 3.8) is 0 Å². The number of Topliss-reactive ketones (excluding diaryl/α,β-unsaturated/α-hetero) is 1. The zero-order valence-electron chi connectivity index (χ0n) is 30.5. The fourth-order valence-electron chi connectivity index (χ4n) is 7.83. The number of allylic oxidation sites excluding steroid dienone is 1. The van der Waals surface area contributed by atoms with Crippen molar-refractivity contribution in [2.75, 3.05) is 13.7 Å². The highest BCUT2D eigenvalue weighted by Crippen LogP contribution is 2.57. The highest BCUT2D eigenvalue weighted by Gasteiger charge is 2.62. The zero-order chi connectivity index (χ0) is 37.3. The number of benzene rings is 1. The SMILES string of the molecule is C=C[C@@H]1C[C@]1(CC(=O)[C@@H]1C[C@@H](Oc2cc(-c3nc(C(C)C)cs3)nc3c(C)c(OC)ccc23)[C@H]2CN[C@H](C(C)C)C(=O)N21)C(=O)NS(=O)(=O)C1CC1. The molecular formula is C38H47N5O7S2. The number of fused-ring (bicyclic) bond motifs is 2. The van der Waals surface area contributed by atoms with Crippen molar-refractivity contribution in [1.29, 1.82) is 0 Å². The summed E-state index contributed by atoms with van der Waals surface area (Å²) in [5.41, 5.74) is 1.94. The predicted octanol–water partition coefficient (Wildman–Crippen LogP) is 4.90. The molecule has 1 aromatic carbocycles. The summed E-state index contributed by atoms with van der Waals surface area (Å²) in [4.78, 5) is 53.6. The molecule has 14 heteroatoms. The van der Waals surface area contributed by atoms with Crippen LogP contribution in [0.25, 0.3) is 21.6 Å². The molecule has 2 saturated carbocycles. The van der Waals surface area contributed by atoms with Crippen LogP contribution in [0.15, 0.2) is 36.2 Å². The van der Waals surface area contributed by atoms with Crippen LogP contribution in [-0.2, 0) is 24.4 Å². The largest absolute Gasteiger partial charge is 0.496 e. The number of aryl methyl sites for hydroxylation is 1. The summed E-state index contributed by atoms with van der Waals surface area (Å²) in [5.74, 6) is -0.0333. The molecule has 4 fully saturated rings. The number of aromatic nitrogens is 2. The molecule has 52 heavy (non-hydrogen) atoms. The highest BCUT2D eigenvalue weighted by atomic mass is 32.2. The molecule has 4 aliphatic rings. The van der Waals surface area contributed by atoms with Gasteiger partial charge in [0, 0.05) is 41.8 Å². The molecule has 2 aliphatic carbocycles. The highest BCUT2D eigenvalue weighted by molar-refractivity contribution is 7.90. The number of thiazole rings is 1. The van der Waals surface area contributed by atoms with Gasteiger partial charge in [0.25, 0.3) is 0 Å². The predicted molar refractivity (Wildman–Crippen MR) is 199 cm³/mol. The summed E-state index contributed by atoms with van der Waals surface area (Å²) in [7, 11) is -2.19. The van der Waals surface area contributed by atoms with Gasteiger partial charge in [-0.1, -0.05) is 33.8 Å². The molecule has 3 aromatic rings. The standard InChI is InChI=1S/C38H47N5O7S2/c1-8-22-15-38(22,37(46)42-52(47,48)23-9-10-23)16-29(44)27-14-32(28-17-39-33(20(4)5)36(45)43(27)28)50-31-13-25(35-41-26(18-51-35)19(2)3)40-34-21(6)30(49-7)12-11-24(31)34/h8,11-13,18-20,22-23,27-28,32-33,39H,1,9-10,14-17H2,2-7H3,(H,42,46)/t22-,27+,28-,32-,33-,38-/m1/s1. The number of carbonyl (C=O) groups is 3. The Bertz CT molecular complexity index is 2060. The monoisotopic (exact) mass is 749 g/mol. The molecule has 0 spiro atoms. The zero-order valence-corrected chi connectivity index (χ0v) is 32.1. The molecule has 7 rings (SSSR count). The maximum Gasteiger partial charge on any atom is 0.241 e. The first-order valence-electron chi connectivity index (χ1n) is 18.1. The molecule has 2 aromatic heterocycles. The Morgan fingerprint density at radius 3 is 2.56 bits per heavy atom. The normalized spacial score (nSPS) is 27.2. The summed E-state index contributed by atoms with van der Waals surface area (Å²) in [6, 6.07) is 3.84. The molecule has 6 atom stereocenters. The maximum atomic E-state index is 14.4. The Morgan fingerprint density at radius 1 is 1.19 bits per heavy atom. The second-order valence-electron chi connectivity index (χ2n) is 15.4. The Balaban J connectivity index is 1.23. The smallest absolute Gasteiger partial charge is 0.241 e. The molecule has 0 unspecified atom stereocenters. The van der Waals surface area contributed by atoms with Crippen molar-refractivity contribution >= 4 is 49.9 Å².